The molecule has 16 heavy (non-hydrogen) atoms. The van der Waals surface area contributed by atoms with Crippen molar-refractivity contribution in [3.05, 3.63) is 0 Å². The van der Waals surface area contributed by atoms with E-state index in [0.29, 0.717) is 11.9 Å². The van der Waals surface area contributed by atoms with Crippen LogP contribution in [0.2, 0.25) is 0 Å². The summed E-state index contributed by atoms with van der Waals surface area (Å²) in [7, 11) is 2.15. The number of rotatable bonds is 2. The van der Waals surface area contributed by atoms with Gasteiger partial charge < -0.3 is 16.0 Å². The second-order valence-electron chi connectivity index (χ2n) is 5.52. The molecule has 1 saturated heterocycles. The number of nitrogens with one attached hydrogen (secondary N) is 1. The molecule has 1 unspecified atom stereocenters. The molecular weight excluding hydrogens is 315 g/mol. The molecule has 1 fully saturated rings. The molecule has 0 aromatic carbocycles. The predicted octanol–water partition coefficient (Wildman–Crippen LogP) is 1.26. The summed E-state index contributed by atoms with van der Waals surface area (Å²) >= 11 is 0. The molecule has 1 aliphatic rings. The highest BCUT2D eigenvalue weighted by atomic mass is 127. The lowest BCUT2D eigenvalue weighted by molar-refractivity contribution is 0.397. The van der Waals surface area contributed by atoms with Gasteiger partial charge in [0.25, 0.3) is 0 Å². The van der Waals surface area contributed by atoms with Gasteiger partial charge in [0.2, 0.25) is 0 Å². The van der Waals surface area contributed by atoms with Crippen molar-refractivity contribution in [3.63, 3.8) is 0 Å². The second-order valence-corrected chi connectivity index (χ2v) is 5.52. The maximum absolute atomic E-state index is 5.80. The Hall–Kier alpha value is -0.0400. The van der Waals surface area contributed by atoms with Gasteiger partial charge in [-0.3, -0.25) is 4.99 Å². The molecule has 1 rings (SSSR count). The summed E-state index contributed by atoms with van der Waals surface area (Å²) < 4.78 is 0. The zero-order valence-electron chi connectivity index (χ0n) is 10.8. The van der Waals surface area contributed by atoms with Crippen LogP contribution in [0.1, 0.15) is 27.2 Å². The molecule has 0 aromatic heterocycles. The number of hydrogen-bond acceptors (Lipinski definition) is 2. The molecule has 0 aliphatic carbocycles. The van der Waals surface area contributed by atoms with E-state index in [9.17, 15) is 0 Å². The van der Waals surface area contributed by atoms with Crippen LogP contribution in [0.4, 0.5) is 0 Å². The summed E-state index contributed by atoms with van der Waals surface area (Å²) in [5.74, 6) is 1.24. The van der Waals surface area contributed by atoms with Crippen molar-refractivity contribution in [2.75, 3.05) is 26.7 Å². The first kappa shape index (κ1) is 16.0. The number of likely N-dealkylation sites (tertiary alicyclic amines) is 1. The van der Waals surface area contributed by atoms with E-state index >= 15 is 0 Å². The Balaban J connectivity index is 0.00000225. The van der Waals surface area contributed by atoms with E-state index < -0.39 is 0 Å². The van der Waals surface area contributed by atoms with E-state index in [1.807, 2.05) is 0 Å². The Morgan fingerprint density at radius 2 is 2.12 bits per heavy atom. The minimum atomic E-state index is 0. The number of guanidine groups is 1. The average Bonchev–Trinajstić information content (AvgIpc) is 2.45. The summed E-state index contributed by atoms with van der Waals surface area (Å²) in [6.07, 6.45) is 1.24. The molecule has 0 saturated carbocycles. The van der Waals surface area contributed by atoms with Gasteiger partial charge in [0.1, 0.15) is 0 Å². The first-order valence-electron chi connectivity index (χ1n) is 5.63. The van der Waals surface area contributed by atoms with Crippen LogP contribution >= 0.6 is 24.0 Å². The zero-order valence-corrected chi connectivity index (χ0v) is 13.1. The van der Waals surface area contributed by atoms with Gasteiger partial charge in [-0.25, -0.2) is 0 Å². The molecule has 1 heterocycles. The van der Waals surface area contributed by atoms with E-state index in [-0.39, 0.29) is 29.5 Å². The van der Waals surface area contributed by atoms with Gasteiger partial charge in [0.05, 0.1) is 0 Å². The maximum Gasteiger partial charge on any atom is 0.188 e. The lowest BCUT2D eigenvalue weighted by Crippen LogP contribution is -2.45. The van der Waals surface area contributed by atoms with Crippen LogP contribution in [0, 0.1) is 5.92 Å². The number of nitrogens with zero attached hydrogens (tertiary/aromatic N) is 2. The lowest BCUT2D eigenvalue weighted by Gasteiger charge is -2.21. The van der Waals surface area contributed by atoms with Crippen molar-refractivity contribution in [2.24, 2.45) is 16.6 Å². The first-order chi connectivity index (χ1) is 6.87. The quantitative estimate of drug-likeness (QED) is 0.452. The number of nitrogens with two attached hydrogens (primary N) is 1. The van der Waals surface area contributed by atoms with E-state index in [1.165, 1.54) is 13.0 Å². The Labute approximate surface area is 116 Å². The van der Waals surface area contributed by atoms with Crippen molar-refractivity contribution in [1.82, 2.24) is 10.2 Å². The summed E-state index contributed by atoms with van der Waals surface area (Å²) in [6, 6.07) is 0. The van der Waals surface area contributed by atoms with Crippen LogP contribution in [0.25, 0.3) is 0 Å². The van der Waals surface area contributed by atoms with E-state index in [4.69, 9.17) is 5.73 Å². The Kier molecular flexibility index (Phi) is 6.62. The largest absolute Gasteiger partial charge is 0.370 e. The van der Waals surface area contributed by atoms with Crippen molar-refractivity contribution in [1.29, 1.82) is 0 Å². The standard InChI is InChI=1S/C11H24N4.HI/c1-11(2,3)14-10(12)13-7-9-5-6-15(4)8-9;/h9H,5-8H2,1-4H3,(H3,12,13,14);1H. The minimum absolute atomic E-state index is 0. The Bertz CT molecular complexity index is 235. The smallest absolute Gasteiger partial charge is 0.188 e. The van der Waals surface area contributed by atoms with Crippen LogP contribution in [-0.2, 0) is 0 Å². The molecule has 0 amide bonds. The fourth-order valence-electron chi connectivity index (χ4n) is 1.83. The SMILES string of the molecule is CN1CCC(CN=C(N)NC(C)(C)C)C1.I. The van der Waals surface area contributed by atoms with Crippen molar-refractivity contribution < 1.29 is 0 Å². The third kappa shape index (κ3) is 6.52. The molecule has 0 bridgehead atoms. The molecule has 1 aliphatic heterocycles. The third-order valence-corrected chi connectivity index (χ3v) is 2.51. The molecule has 1 atom stereocenters. The van der Waals surface area contributed by atoms with Gasteiger partial charge in [0.15, 0.2) is 5.96 Å². The molecular formula is C11H25IN4. The summed E-state index contributed by atoms with van der Waals surface area (Å²) in [4.78, 5) is 6.72. The molecule has 96 valence electrons. The fraction of sp³-hybridized carbons (Fsp3) is 0.909. The summed E-state index contributed by atoms with van der Waals surface area (Å²) in [6.45, 7) is 9.43. The van der Waals surface area contributed by atoms with Gasteiger partial charge >= 0.3 is 0 Å². The highest BCUT2D eigenvalue weighted by Gasteiger charge is 2.19. The normalized spacial score (nSPS) is 23.0. The lowest BCUT2D eigenvalue weighted by atomic mass is 10.1. The van der Waals surface area contributed by atoms with Crippen LogP contribution < -0.4 is 11.1 Å². The van der Waals surface area contributed by atoms with Gasteiger partial charge in [-0.15, -0.1) is 24.0 Å². The fourth-order valence-corrected chi connectivity index (χ4v) is 1.83. The maximum atomic E-state index is 5.80. The number of aliphatic imine (C=N–C) groups is 1. The minimum Gasteiger partial charge on any atom is -0.370 e. The average molecular weight is 340 g/mol. The van der Waals surface area contributed by atoms with E-state index in [1.54, 1.807) is 0 Å². The van der Waals surface area contributed by atoms with E-state index in [0.717, 1.165) is 13.1 Å². The van der Waals surface area contributed by atoms with Crippen LogP contribution in [-0.4, -0.2) is 43.1 Å². The highest BCUT2D eigenvalue weighted by molar-refractivity contribution is 14.0. The zero-order chi connectivity index (χ0) is 11.5. The topological polar surface area (TPSA) is 53.6 Å². The number of hydrogen-bond donors (Lipinski definition) is 2. The van der Waals surface area contributed by atoms with Crippen LogP contribution in [0.5, 0.6) is 0 Å². The van der Waals surface area contributed by atoms with Crippen LogP contribution in [0.3, 0.4) is 0 Å². The predicted molar refractivity (Wildman–Crippen MR) is 80.4 cm³/mol. The van der Waals surface area contributed by atoms with Crippen LogP contribution in [0.15, 0.2) is 4.99 Å². The third-order valence-electron chi connectivity index (χ3n) is 2.51. The first-order valence-corrected chi connectivity index (χ1v) is 5.63. The monoisotopic (exact) mass is 340 g/mol. The van der Waals surface area contributed by atoms with Crippen molar-refractivity contribution >= 4 is 29.9 Å². The molecule has 4 nitrogen and oxygen atoms in total. The van der Waals surface area contributed by atoms with Crippen molar-refractivity contribution in [2.45, 2.75) is 32.7 Å². The van der Waals surface area contributed by atoms with Gasteiger partial charge in [0, 0.05) is 18.6 Å². The molecule has 3 N–H and O–H groups in total. The Morgan fingerprint density at radius 3 is 2.56 bits per heavy atom. The van der Waals surface area contributed by atoms with Gasteiger partial charge in [-0.2, -0.15) is 0 Å². The summed E-state index contributed by atoms with van der Waals surface area (Å²) in [5.41, 5.74) is 5.80. The van der Waals surface area contributed by atoms with E-state index in [2.05, 4.69) is 43.0 Å². The molecule has 0 aromatic rings. The van der Waals surface area contributed by atoms with Gasteiger partial charge in [-0.05, 0) is 46.7 Å². The Morgan fingerprint density at radius 1 is 1.50 bits per heavy atom. The van der Waals surface area contributed by atoms with Gasteiger partial charge in [-0.1, -0.05) is 0 Å². The van der Waals surface area contributed by atoms with Crippen molar-refractivity contribution in [3.8, 4) is 0 Å². The highest BCUT2D eigenvalue weighted by Crippen LogP contribution is 2.14. The molecule has 0 spiro atoms. The molecule has 5 heteroatoms. The molecule has 0 radical (unpaired) electrons. The number of halogens is 1. The summed E-state index contributed by atoms with van der Waals surface area (Å²) in [5, 5.41) is 3.17. The second kappa shape index (κ2) is 6.64.